The first-order chi connectivity index (χ1) is 9.59. The van der Waals surface area contributed by atoms with Crippen molar-refractivity contribution in [3.05, 3.63) is 0 Å². The highest BCUT2D eigenvalue weighted by molar-refractivity contribution is 5.83. The molecule has 7 nitrogen and oxygen atoms in total. The summed E-state index contributed by atoms with van der Waals surface area (Å²) in [6, 6.07) is -1.12. The molecule has 0 spiro atoms. The summed E-state index contributed by atoms with van der Waals surface area (Å²) >= 11 is 0. The van der Waals surface area contributed by atoms with Gasteiger partial charge >= 0.3 is 12.0 Å². The van der Waals surface area contributed by atoms with Crippen LogP contribution in [0.1, 0.15) is 32.1 Å². The molecule has 2 aliphatic rings. The highest BCUT2D eigenvalue weighted by Crippen LogP contribution is 2.17. The number of nitrogens with zero attached hydrogens (tertiary/aromatic N) is 2. The van der Waals surface area contributed by atoms with Gasteiger partial charge in [0.15, 0.2) is 0 Å². The van der Waals surface area contributed by atoms with Crippen molar-refractivity contribution in [2.45, 2.75) is 38.1 Å². The molecule has 0 aromatic rings. The number of carboxylic acids is 1. The number of carboxylic acid groups (broad SMARTS) is 1. The molecule has 112 valence electrons. The molecule has 1 atom stereocenters. The van der Waals surface area contributed by atoms with Crippen LogP contribution in [0.15, 0.2) is 0 Å². The molecule has 0 aromatic carbocycles. The largest absolute Gasteiger partial charge is 0.480 e. The van der Waals surface area contributed by atoms with Crippen LogP contribution in [-0.2, 0) is 9.59 Å². The number of aliphatic carboxylic acids is 1. The second kappa shape index (κ2) is 6.58. The number of carbonyl (C=O) groups is 3. The Kier molecular flexibility index (Phi) is 4.81. The highest BCUT2D eigenvalue weighted by Gasteiger charge is 2.33. The Balaban J connectivity index is 1.72. The molecule has 0 radical (unpaired) electrons. The molecule has 2 aliphatic heterocycles. The second-order valence-corrected chi connectivity index (χ2v) is 5.26. The van der Waals surface area contributed by atoms with Gasteiger partial charge in [0.25, 0.3) is 0 Å². The lowest BCUT2D eigenvalue weighted by atomic mass is 10.2. The summed E-state index contributed by atoms with van der Waals surface area (Å²) in [6.45, 7) is 2.33. The van der Waals surface area contributed by atoms with Crippen molar-refractivity contribution in [2.75, 3.05) is 26.2 Å². The zero-order valence-electron chi connectivity index (χ0n) is 11.5. The molecular formula is C13H21N3O4. The third-order valence-electron chi connectivity index (χ3n) is 3.87. The van der Waals surface area contributed by atoms with Crippen molar-refractivity contribution in [1.29, 1.82) is 0 Å². The van der Waals surface area contributed by atoms with Gasteiger partial charge in [-0.3, -0.25) is 4.79 Å². The Morgan fingerprint density at radius 3 is 2.45 bits per heavy atom. The standard InChI is InChI=1S/C13H21N3O4/c17-11(15-7-1-2-8-15)5-6-14-13(20)16-9-3-4-10(16)12(18)19/h10H,1-9H2,(H,14,20)(H,18,19)/t10-/m1/s1. The molecule has 0 aliphatic carbocycles. The molecular weight excluding hydrogens is 262 g/mol. The number of urea groups is 1. The van der Waals surface area contributed by atoms with Crippen molar-refractivity contribution in [3.63, 3.8) is 0 Å². The summed E-state index contributed by atoms with van der Waals surface area (Å²) in [5.41, 5.74) is 0. The van der Waals surface area contributed by atoms with E-state index in [4.69, 9.17) is 5.11 Å². The maximum Gasteiger partial charge on any atom is 0.326 e. The molecule has 0 aromatic heterocycles. The van der Waals surface area contributed by atoms with Gasteiger partial charge in [-0.25, -0.2) is 9.59 Å². The summed E-state index contributed by atoms with van der Waals surface area (Å²) in [5, 5.41) is 11.6. The van der Waals surface area contributed by atoms with Crippen LogP contribution >= 0.6 is 0 Å². The van der Waals surface area contributed by atoms with Crippen molar-refractivity contribution in [3.8, 4) is 0 Å². The fourth-order valence-corrected chi connectivity index (χ4v) is 2.77. The van der Waals surface area contributed by atoms with E-state index >= 15 is 0 Å². The Hall–Kier alpha value is -1.79. The lowest BCUT2D eigenvalue weighted by Crippen LogP contribution is -2.46. The van der Waals surface area contributed by atoms with Crippen LogP contribution in [0.2, 0.25) is 0 Å². The van der Waals surface area contributed by atoms with E-state index in [0.29, 0.717) is 19.4 Å². The van der Waals surface area contributed by atoms with Gasteiger partial charge in [0.05, 0.1) is 0 Å². The topological polar surface area (TPSA) is 90.0 Å². The van der Waals surface area contributed by atoms with Crippen LogP contribution in [0.4, 0.5) is 4.79 Å². The maximum absolute atomic E-state index is 11.9. The minimum atomic E-state index is -0.967. The first kappa shape index (κ1) is 14.6. The number of carbonyl (C=O) groups excluding carboxylic acids is 2. The molecule has 2 saturated heterocycles. The molecule has 0 unspecified atom stereocenters. The first-order valence-electron chi connectivity index (χ1n) is 7.14. The Bertz CT molecular complexity index is 393. The molecule has 7 heteroatoms. The highest BCUT2D eigenvalue weighted by atomic mass is 16.4. The van der Waals surface area contributed by atoms with Crippen LogP contribution in [-0.4, -0.2) is 65.0 Å². The maximum atomic E-state index is 11.9. The first-order valence-corrected chi connectivity index (χ1v) is 7.14. The molecule has 2 fully saturated rings. The van der Waals surface area contributed by atoms with Crippen LogP contribution < -0.4 is 5.32 Å². The van der Waals surface area contributed by atoms with Crippen LogP contribution in [0.25, 0.3) is 0 Å². The minimum absolute atomic E-state index is 0.0546. The van der Waals surface area contributed by atoms with Gasteiger partial charge in [-0.2, -0.15) is 0 Å². The van der Waals surface area contributed by atoms with Crippen LogP contribution in [0, 0.1) is 0 Å². The Labute approximate surface area is 117 Å². The van der Waals surface area contributed by atoms with Gasteiger partial charge in [0.2, 0.25) is 5.91 Å². The van der Waals surface area contributed by atoms with Gasteiger partial charge in [0.1, 0.15) is 6.04 Å². The van der Waals surface area contributed by atoms with Gasteiger partial charge in [-0.05, 0) is 25.7 Å². The predicted octanol–water partition coefficient (Wildman–Crippen LogP) is 0.258. The molecule has 3 amide bonds. The number of hydrogen-bond acceptors (Lipinski definition) is 3. The minimum Gasteiger partial charge on any atom is -0.480 e. The molecule has 2 heterocycles. The molecule has 20 heavy (non-hydrogen) atoms. The number of hydrogen-bond donors (Lipinski definition) is 2. The van der Waals surface area contributed by atoms with E-state index in [1.54, 1.807) is 0 Å². The second-order valence-electron chi connectivity index (χ2n) is 5.26. The summed E-state index contributed by atoms with van der Waals surface area (Å²) in [7, 11) is 0. The number of rotatable bonds is 4. The molecule has 2 N–H and O–H groups in total. The predicted molar refractivity (Wildman–Crippen MR) is 71.2 cm³/mol. The quantitative estimate of drug-likeness (QED) is 0.774. The molecule has 0 bridgehead atoms. The zero-order chi connectivity index (χ0) is 14.5. The van der Waals surface area contributed by atoms with E-state index < -0.39 is 12.0 Å². The smallest absolute Gasteiger partial charge is 0.326 e. The van der Waals surface area contributed by atoms with Crippen molar-refractivity contribution in [1.82, 2.24) is 15.1 Å². The van der Waals surface area contributed by atoms with E-state index in [2.05, 4.69) is 5.32 Å². The van der Waals surface area contributed by atoms with Crippen molar-refractivity contribution >= 4 is 17.9 Å². The van der Waals surface area contributed by atoms with Gasteiger partial charge < -0.3 is 20.2 Å². The Morgan fingerprint density at radius 1 is 1.10 bits per heavy atom. The average Bonchev–Trinajstić information content (AvgIpc) is 3.09. The average molecular weight is 283 g/mol. The SMILES string of the molecule is O=C(O)[C@H]1CCCN1C(=O)NCCC(=O)N1CCCC1. The number of likely N-dealkylation sites (tertiary alicyclic amines) is 2. The summed E-state index contributed by atoms with van der Waals surface area (Å²) in [6.07, 6.45) is 3.57. The number of nitrogens with one attached hydrogen (secondary N) is 1. The lowest BCUT2D eigenvalue weighted by molar-refractivity contribution is -0.141. The number of amides is 3. The lowest BCUT2D eigenvalue weighted by Gasteiger charge is -2.22. The monoisotopic (exact) mass is 283 g/mol. The fraction of sp³-hybridized carbons (Fsp3) is 0.769. The summed E-state index contributed by atoms with van der Waals surface area (Å²) in [4.78, 5) is 37.8. The molecule has 0 saturated carbocycles. The van der Waals surface area contributed by atoms with Crippen LogP contribution in [0.3, 0.4) is 0 Å². The molecule has 2 rings (SSSR count). The van der Waals surface area contributed by atoms with E-state index in [1.807, 2.05) is 4.90 Å². The van der Waals surface area contributed by atoms with Gasteiger partial charge in [-0.15, -0.1) is 0 Å². The van der Waals surface area contributed by atoms with Gasteiger partial charge in [0, 0.05) is 32.6 Å². The Morgan fingerprint density at radius 2 is 1.80 bits per heavy atom. The van der Waals surface area contributed by atoms with E-state index in [9.17, 15) is 14.4 Å². The normalized spacial score (nSPS) is 22.1. The van der Waals surface area contributed by atoms with Crippen molar-refractivity contribution in [2.24, 2.45) is 0 Å². The van der Waals surface area contributed by atoms with Crippen LogP contribution in [0.5, 0.6) is 0 Å². The van der Waals surface area contributed by atoms with Crippen molar-refractivity contribution < 1.29 is 19.5 Å². The third-order valence-corrected chi connectivity index (χ3v) is 3.87. The third kappa shape index (κ3) is 3.40. The zero-order valence-corrected chi connectivity index (χ0v) is 11.5. The summed E-state index contributed by atoms with van der Waals surface area (Å²) in [5.74, 6) is -0.912. The fourth-order valence-electron chi connectivity index (χ4n) is 2.77. The summed E-state index contributed by atoms with van der Waals surface area (Å²) < 4.78 is 0. The van der Waals surface area contributed by atoms with E-state index in [-0.39, 0.29) is 24.9 Å². The van der Waals surface area contributed by atoms with E-state index in [1.165, 1.54) is 4.90 Å². The van der Waals surface area contributed by atoms with E-state index in [0.717, 1.165) is 25.9 Å². The van der Waals surface area contributed by atoms with Gasteiger partial charge in [-0.1, -0.05) is 0 Å².